The van der Waals surface area contributed by atoms with Gasteiger partial charge in [0.25, 0.3) is 5.56 Å². The van der Waals surface area contributed by atoms with Crippen LogP contribution in [0.4, 0.5) is 4.39 Å². The Kier molecular flexibility index (Phi) is 5.15. The molecule has 0 atom stereocenters. The van der Waals surface area contributed by atoms with Gasteiger partial charge in [-0.05, 0) is 42.8 Å². The highest BCUT2D eigenvalue weighted by atomic mass is 32.2. The van der Waals surface area contributed by atoms with E-state index in [1.165, 1.54) is 23.9 Å². The summed E-state index contributed by atoms with van der Waals surface area (Å²) >= 11 is 1.53. The Morgan fingerprint density at radius 3 is 2.71 bits per heavy atom. The number of hydrogen-bond acceptors (Lipinski definition) is 4. The highest BCUT2D eigenvalue weighted by Crippen LogP contribution is 2.18. The number of halogens is 1. The predicted octanol–water partition coefficient (Wildman–Crippen LogP) is 3.63. The van der Waals surface area contributed by atoms with Gasteiger partial charge in [-0.1, -0.05) is 23.9 Å². The number of fused-ring (bicyclic) bond motifs is 1. The van der Waals surface area contributed by atoms with Crippen molar-refractivity contribution in [2.24, 2.45) is 7.05 Å². The molecular formula is C18H17FN2O2S. The molecule has 0 saturated heterocycles. The second-order valence-electron chi connectivity index (χ2n) is 5.28. The molecule has 0 aliphatic rings. The Balaban J connectivity index is 1.57. The fraction of sp³-hybridized carbons (Fsp3) is 0.222. The zero-order chi connectivity index (χ0) is 16.9. The van der Waals surface area contributed by atoms with Crippen LogP contribution in [0.25, 0.3) is 10.9 Å². The van der Waals surface area contributed by atoms with Gasteiger partial charge in [-0.15, -0.1) is 0 Å². The van der Waals surface area contributed by atoms with E-state index in [4.69, 9.17) is 4.74 Å². The van der Waals surface area contributed by atoms with Crippen LogP contribution < -0.4 is 10.3 Å². The summed E-state index contributed by atoms with van der Waals surface area (Å²) < 4.78 is 19.9. The topological polar surface area (TPSA) is 44.1 Å². The molecule has 1 aromatic heterocycles. The van der Waals surface area contributed by atoms with Crippen molar-refractivity contribution in [2.45, 2.75) is 11.6 Å². The van der Waals surface area contributed by atoms with Gasteiger partial charge in [-0.3, -0.25) is 9.36 Å². The highest BCUT2D eigenvalue weighted by molar-refractivity contribution is 7.99. The quantitative estimate of drug-likeness (QED) is 0.389. The fourth-order valence-corrected chi connectivity index (χ4v) is 3.15. The van der Waals surface area contributed by atoms with Crippen LogP contribution in [0, 0.1) is 5.82 Å². The summed E-state index contributed by atoms with van der Waals surface area (Å²) in [5.41, 5.74) is 0.677. The molecule has 0 aliphatic heterocycles. The summed E-state index contributed by atoms with van der Waals surface area (Å²) in [6, 6.07) is 13.3. The molecule has 0 saturated carbocycles. The molecule has 3 rings (SSSR count). The highest BCUT2D eigenvalue weighted by Gasteiger charge is 2.08. The van der Waals surface area contributed by atoms with Crippen molar-refractivity contribution in [3.05, 3.63) is 64.7 Å². The second kappa shape index (κ2) is 7.49. The average Bonchev–Trinajstić information content (AvgIpc) is 2.60. The first-order valence-electron chi connectivity index (χ1n) is 7.62. The lowest BCUT2D eigenvalue weighted by molar-refractivity contribution is 0.318. The van der Waals surface area contributed by atoms with Gasteiger partial charge in [0.05, 0.1) is 17.5 Å². The molecule has 0 aliphatic carbocycles. The van der Waals surface area contributed by atoms with E-state index < -0.39 is 0 Å². The van der Waals surface area contributed by atoms with Crippen LogP contribution in [-0.2, 0) is 7.05 Å². The third-order valence-corrected chi connectivity index (χ3v) is 4.66. The van der Waals surface area contributed by atoms with Crippen molar-refractivity contribution < 1.29 is 9.13 Å². The third kappa shape index (κ3) is 3.76. The minimum Gasteiger partial charge on any atom is -0.494 e. The number of nitrogens with zero attached hydrogens (tertiary/aromatic N) is 2. The number of ether oxygens (including phenoxy) is 1. The van der Waals surface area contributed by atoms with E-state index in [1.54, 1.807) is 29.8 Å². The van der Waals surface area contributed by atoms with Crippen LogP contribution in [0.2, 0.25) is 0 Å². The molecule has 0 fully saturated rings. The lowest BCUT2D eigenvalue weighted by atomic mass is 10.2. The molecule has 124 valence electrons. The molecular weight excluding hydrogens is 327 g/mol. The lowest BCUT2D eigenvalue weighted by Crippen LogP contribution is -2.20. The Morgan fingerprint density at radius 1 is 1.17 bits per heavy atom. The first-order valence-corrected chi connectivity index (χ1v) is 8.60. The average molecular weight is 344 g/mol. The molecule has 0 N–H and O–H groups in total. The Labute approximate surface area is 143 Å². The summed E-state index contributed by atoms with van der Waals surface area (Å²) in [5.74, 6) is 1.15. The van der Waals surface area contributed by atoms with Gasteiger partial charge in [0, 0.05) is 12.8 Å². The van der Waals surface area contributed by atoms with Crippen molar-refractivity contribution >= 4 is 22.7 Å². The molecule has 0 spiro atoms. The van der Waals surface area contributed by atoms with Crippen LogP contribution in [-0.4, -0.2) is 21.9 Å². The summed E-state index contributed by atoms with van der Waals surface area (Å²) in [6.45, 7) is 0.528. The summed E-state index contributed by atoms with van der Waals surface area (Å²) in [4.78, 5) is 16.8. The molecule has 3 aromatic rings. The van der Waals surface area contributed by atoms with Crippen molar-refractivity contribution in [2.75, 3.05) is 12.4 Å². The first-order chi connectivity index (χ1) is 11.6. The molecule has 0 bridgehead atoms. The second-order valence-corrected chi connectivity index (χ2v) is 6.34. The number of benzene rings is 2. The minimum atomic E-state index is -0.277. The van der Waals surface area contributed by atoms with Crippen molar-refractivity contribution in [1.82, 2.24) is 9.55 Å². The van der Waals surface area contributed by atoms with Crippen LogP contribution in [0.5, 0.6) is 5.75 Å². The third-order valence-electron chi connectivity index (χ3n) is 3.54. The van der Waals surface area contributed by atoms with Gasteiger partial charge in [0.15, 0.2) is 5.16 Å². The SMILES string of the molecule is Cn1c(SCCCOc2ccc(F)cc2)nc2ccccc2c1=O. The molecule has 1 heterocycles. The van der Waals surface area contributed by atoms with E-state index in [-0.39, 0.29) is 11.4 Å². The fourth-order valence-electron chi connectivity index (χ4n) is 2.27. The summed E-state index contributed by atoms with van der Waals surface area (Å²) in [7, 11) is 1.74. The minimum absolute atomic E-state index is 0.0364. The maximum atomic E-state index is 12.8. The summed E-state index contributed by atoms with van der Waals surface area (Å²) in [5, 5.41) is 1.32. The number of thioether (sulfide) groups is 1. The van der Waals surface area contributed by atoms with Gasteiger partial charge in [-0.25, -0.2) is 9.37 Å². The zero-order valence-electron chi connectivity index (χ0n) is 13.2. The number of hydrogen-bond donors (Lipinski definition) is 0. The summed E-state index contributed by atoms with van der Waals surface area (Å²) in [6.07, 6.45) is 0.796. The Hall–Kier alpha value is -2.34. The normalized spacial score (nSPS) is 10.9. The van der Waals surface area contributed by atoms with Crippen LogP contribution in [0.15, 0.2) is 58.5 Å². The molecule has 4 nitrogen and oxygen atoms in total. The van der Waals surface area contributed by atoms with Crippen molar-refractivity contribution in [3.63, 3.8) is 0 Å². The van der Waals surface area contributed by atoms with Gasteiger partial charge >= 0.3 is 0 Å². The van der Waals surface area contributed by atoms with E-state index in [0.717, 1.165) is 12.2 Å². The van der Waals surface area contributed by atoms with Crippen molar-refractivity contribution in [1.29, 1.82) is 0 Å². The van der Waals surface area contributed by atoms with Gasteiger partial charge < -0.3 is 4.74 Å². The zero-order valence-corrected chi connectivity index (χ0v) is 14.1. The van der Waals surface area contributed by atoms with E-state index >= 15 is 0 Å². The lowest BCUT2D eigenvalue weighted by Gasteiger charge is -2.09. The van der Waals surface area contributed by atoms with Gasteiger partial charge in [0.2, 0.25) is 0 Å². The number of para-hydroxylation sites is 1. The van der Waals surface area contributed by atoms with Crippen LogP contribution >= 0.6 is 11.8 Å². The Bertz CT molecular complexity index is 894. The van der Waals surface area contributed by atoms with E-state index in [0.29, 0.717) is 28.4 Å². The molecule has 0 amide bonds. The number of aromatic nitrogens is 2. The van der Waals surface area contributed by atoms with E-state index in [1.807, 2.05) is 18.2 Å². The van der Waals surface area contributed by atoms with Gasteiger partial charge in [-0.2, -0.15) is 0 Å². The molecule has 6 heteroatoms. The van der Waals surface area contributed by atoms with E-state index in [2.05, 4.69) is 4.98 Å². The predicted molar refractivity (Wildman–Crippen MR) is 94.2 cm³/mol. The molecule has 0 radical (unpaired) electrons. The molecule has 0 unspecified atom stereocenters. The smallest absolute Gasteiger partial charge is 0.261 e. The molecule has 24 heavy (non-hydrogen) atoms. The maximum absolute atomic E-state index is 12.8. The van der Waals surface area contributed by atoms with E-state index in [9.17, 15) is 9.18 Å². The van der Waals surface area contributed by atoms with Crippen LogP contribution in [0.3, 0.4) is 0 Å². The Morgan fingerprint density at radius 2 is 1.92 bits per heavy atom. The maximum Gasteiger partial charge on any atom is 0.261 e. The van der Waals surface area contributed by atoms with Crippen LogP contribution in [0.1, 0.15) is 6.42 Å². The monoisotopic (exact) mass is 344 g/mol. The van der Waals surface area contributed by atoms with Gasteiger partial charge in [0.1, 0.15) is 11.6 Å². The largest absolute Gasteiger partial charge is 0.494 e. The molecule has 2 aromatic carbocycles. The standard InChI is InChI=1S/C18H17FN2O2S/c1-21-17(22)15-5-2-3-6-16(15)20-18(21)24-12-4-11-23-14-9-7-13(19)8-10-14/h2-3,5-10H,4,11-12H2,1H3. The van der Waals surface area contributed by atoms with Crippen molar-refractivity contribution in [3.8, 4) is 5.75 Å². The number of rotatable bonds is 6. The first kappa shape index (κ1) is 16.5.